The summed E-state index contributed by atoms with van der Waals surface area (Å²) in [6, 6.07) is 12.6. The van der Waals surface area contributed by atoms with Gasteiger partial charge in [0.1, 0.15) is 5.65 Å². The molecule has 0 aliphatic rings. The Morgan fingerprint density at radius 3 is 2.48 bits per heavy atom. The molecule has 2 aromatic carbocycles. The maximum absolute atomic E-state index is 13.1. The fraction of sp³-hybridized carbons (Fsp3) is 0.200. The lowest BCUT2D eigenvalue weighted by molar-refractivity contribution is -0.137. The number of amides is 1. The zero-order valence-corrected chi connectivity index (χ0v) is 19.0. The number of halogens is 4. The first-order valence-electron chi connectivity index (χ1n) is 10.3. The fourth-order valence-corrected chi connectivity index (χ4v) is 3.85. The van der Waals surface area contributed by atoms with Gasteiger partial charge in [-0.2, -0.15) is 13.2 Å². The summed E-state index contributed by atoms with van der Waals surface area (Å²) in [5, 5.41) is 2.56. The van der Waals surface area contributed by atoms with E-state index in [1.54, 1.807) is 0 Å². The van der Waals surface area contributed by atoms with Crippen LogP contribution in [-0.4, -0.2) is 15.3 Å². The van der Waals surface area contributed by atoms with Crippen LogP contribution < -0.4 is 5.32 Å². The molecule has 4 aromatic rings. The van der Waals surface area contributed by atoms with E-state index in [2.05, 4.69) is 5.32 Å². The summed E-state index contributed by atoms with van der Waals surface area (Å²) in [5.41, 5.74) is 5.06. The molecule has 2 heterocycles. The van der Waals surface area contributed by atoms with Crippen molar-refractivity contribution in [1.29, 1.82) is 0 Å². The average molecular weight is 472 g/mol. The van der Waals surface area contributed by atoms with Crippen molar-refractivity contribution < 1.29 is 18.0 Å². The molecule has 0 radical (unpaired) electrons. The SMILES string of the molecule is Cc1ccc(-c2nc3c(C)cccn3c2CC(=O)Nc2cc(C(F)(F)F)ccc2Cl)cc1C. The topological polar surface area (TPSA) is 46.4 Å². The Hall–Kier alpha value is -3.32. The van der Waals surface area contributed by atoms with Gasteiger partial charge in [0.25, 0.3) is 0 Å². The van der Waals surface area contributed by atoms with Crippen LogP contribution in [0.2, 0.25) is 5.02 Å². The van der Waals surface area contributed by atoms with E-state index in [-0.39, 0.29) is 17.1 Å². The standard InChI is InChI=1S/C25H21ClF3N3O/c1-14-6-7-17(11-16(14)3)23-21(32-10-4-5-15(2)24(32)31-23)13-22(33)30-20-12-18(25(27,28)29)8-9-19(20)26/h4-12H,13H2,1-3H3,(H,30,33). The zero-order valence-electron chi connectivity index (χ0n) is 18.2. The molecule has 170 valence electrons. The number of hydrogen-bond acceptors (Lipinski definition) is 2. The number of carbonyl (C=O) groups excluding carboxylic acids is 1. The van der Waals surface area contributed by atoms with Gasteiger partial charge in [-0.25, -0.2) is 4.98 Å². The minimum Gasteiger partial charge on any atom is -0.324 e. The van der Waals surface area contributed by atoms with E-state index in [9.17, 15) is 18.0 Å². The minimum atomic E-state index is -4.54. The summed E-state index contributed by atoms with van der Waals surface area (Å²) in [4.78, 5) is 17.7. The molecule has 8 heteroatoms. The second kappa shape index (κ2) is 8.56. The van der Waals surface area contributed by atoms with E-state index in [1.165, 1.54) is 0 Å². The van der Waals surface area contributed by atoms with Gasteiger partial charge in [-0.3, -0.25) is 4.79 Å². The molecule has 0 unspecified atom stereocenters. The maximum Gasteiger partial charge on any atom is 0.416 e. The Morgan fingerprint density at radius 2 is 1.79 bits per heavy atom. The van der Waals surface area contributed by atoms with Crippen molar-refractivity contribution in [3.05, 3.63) is 87.7 Å². The van der Waals surface area contributed by atoms with Crippen molar-refractivity contribution >= 4 is 28.8 Å². The molecule has 0 atom stereocenters. The van der Waals surface area contributed by atoms with Gasteiger partial charge in [-0.15, -0.1) is 0 Å². The lowest BCUT2D eigenvalue weighted by Gasteiger charge is -2.12. The van der Waals surface area contributed by atoms with Crippen LogP contribution in [0.3, 0.4) is 0 Å². The molecular formula is C25H21ClF3N3O. The second-order valence-corrected chi connectivity index (χ2v) is 8.42. The van der Waals surface area contributed by atoms with E-state index in [1.807, 2.05) is 61.7 Å². The number of nitrogens with zero attached hydrogens (tertiary/aromatic N) is 2. The smallest absolute Gasteiger partial charge is 0.324 e. The number of alkyl halides is 3. The minimum absolute atomic E-state index is 0.0275. The number of fused-ring (bicyclic) bond motifs is 1. The monoisotopic (exact) mass is 471 g/mol. The molecule has 0 spiro atoms. The molecule has 0 saturated heterocycles. The maximum atomic E-state index is 13.1. The number of rotatable bonds is 4. The predicted octanol–water partition coefficient (Wildman–Crippen LogP) is 6.78. The highest BCUT2D eigenvalue weighted by atomic mass is 35.5. The molecule has 4 rings (SSSR count). The van der Waals surface area contributed by atoms with E-state index >= 15 is 0 Å². The third-order valence-corrected chi connectivity index (χ3v) is 5.95. The van der Waals surface area contributed by atoms with Gasteiger partial charge in [0.15, 0.2) is 0 Å². The molecule has 0 aliphatic heterocycles. The van der Waals surface area contributed by atoms with Crippen LogP contribution in [0, 0.1) is 20.8 Å². The molecule has 1 N–H and O–H groups in total. The summed E-state index contributed by atoms with van der Waals surface area (Å²) < 4.78 is 41.1. The number of hydrogen-bond donors (Lipinski definition) is 1. The number of aryl methyl sites for hydroxylation is 3. The van der Waals surface area contributed by atoms with E-state index in [4.69, 9.17) is 16.6 Å². The molecule has 0 saturated carbocycles. The highest BCUT2D eigenvalue weighted by molar-refractivity contribution is 6.33. The molecule has 4 nitrogen and oxygen atoms in total. The summed E-state index contributed by atoms with van der Waals surface area (Å²) in [7, 11) is 0. The molecule has 0 bridgehead atoms. The van der Waals surface area contributed by atoms with Crippen molar-refractivity contribution in [1.82, 2.24) is 9.38 Å². The molecule has 0 aliphatic carbocycles. The van der Waals surface area contributed by atoms with Crippen LogP contribution in [0.1, 0.15) is 27.9 Å². The van der Waals surface area contributed by atoms with Crippen LogP contribution in [0.4, 0.5) is 18.9 Å². The third-order valence-electron chi connectivity index (χ3n) is 5.62. The number of aromatic nitrogens is 2. The first kappa shape index (κ1) is 22.9. The molecule has 1 amide bonds. The normalized spacial score (nSPS) is 11.7. The molecule has 2 aromatic heterocycles. The fourth-order valence-electron chi connectivity index (χ4n) is 3.69. The number of benzene rings is 2. The van der Waals surface area contributed by atoms with Gasteiger partial charge < -0.3 is 9.72 Å². The highest BCUT2D eigenvalue weighted by Crippen LogP contribution is 2.34. The van der Waals surface area contributed by atoms with Gasteiger partial charge in [0.2, 0.25) is 5.91 Å². The van der Waals surface area contributed by atoms with Gasteiger partial charge in [-0.05, 0) is 67.8 Å². The van der Waals surface area contributed by atoms with Gasteiger partial charge >= 0.3 is 6.18 Å². The Balaban J connectivity index is 1.73. The Kier molecular flexibility index (Phi) is 5.93. The number of pyridine rings is 1. The third kappa shape index (κ3) is 4.59. The van der Waals surface area contributed by atoms with Crippen molar-refractivity contribution in [3.8, 4) is 11.3 Å². The largest absolute Gasteiger partial charge is 0.416 e. The quantitative estimate of drug-likeness (QED) is 0.356. The first-order chi connectivity index (χ1) is 15.5. The lowest BCUT2D eigenvalue weighted by atomic mass is 10.0. The second-order valence-electron chi connectivity index (χ2n) is 8.01. The van der Waals surface area contributed by atoms with Crippen molar-refractivity contribution in [2.75, 3.05) is 5.32 Å². The summed E-state index contributed by atoms with van der Waals surface area (Å²) in [6.07, 6.45) is -2.82. The van der Waals surface area contributed by atoms with Crippen molar-refractivity contribution in [2.24, 2.45) is 0 Å². The number of carbonyl (C=O) groups is 1. The Bertz CT molecular complexity index is 1380. The summed E-state index contributed by atoms with van der Waals surface area (Å²) in [5.74, 6) is -0.496. The van der Waals surface area contributed by atoms with Crippen molar-refractivity contribution in [2.45, 2.75) is 33.4 Å². The number of anilines is 1. The first-order valence-corrected chi connectivity index (χ1v) is 10.6. The van der Waals surface area contributed by atoms with Crippen LogP contribution in [0.25, 0.3) is 16.9 Å². The number of imidazole rings is 1. The van der Waals surface area contributed by atoms with E-state index in [0.717, 1.165) is 40.5 Å². The average Bonchev–Trinajstić information content (AvgIpc) is 3.10. The van der Waals surface area contributed by atoms with Crippen LogP contribution >= 0.6 is 11.6 Å². The van der Waals surface area contributed by atoms with Gasteiger partial charge in [0, 0.05) is 11.8 Å². The van der Waals surface area contributed by atoms with E-state index in [0.29, 0.717) is 17.0 Å². The van der Waals surface area contributed by atoms with Crippen LogP contribution in [-0.2, 0) is 17.4 Å². The summed E-state index contributed by atoms with van der Waals surface area (Å²) in [6.45, 7) is 5.95. The van der Waals surface area contributed by atoms with Crippen LogP contribution in [0.5, 0.6) is 0 Å². The Labute approximate surface area is 194 Å². The zero-order chi connectivity index (χ0) is 23.9. The summed E-state index contributed by atoms with van der Waals surface area (Å²) >= 11 is 6.05. The lowest BCUT2D eigenvalue weighted by Crippen LogP contribution is -2.17. The molecule has 33 heavy (non-hydrogen) atoms. The predicted molar refractivity (Wildman–Crippen MR) is 124 cm³/mol. The number of nitrogens with one attached hydrogen (secondary N) is 1. The van der Waals surface area contributed by atoms with Gasteiger partial charge in [-0.1, -0.05) is 29.8 Å². The van der Waals surface area contributed by atoms with E-state index < -0.39 is 17.6 Å². The Morgan fingerprint density at radius 1 is 1.03 bits per heavy atom. The highest BCUT2D eigenvalue weighted by Gasteiger charge is 2.31. The van der Waals surface area contributed by atoms with Crippen LogP contribution in [0.15, 0.2) is 54.7 Å². The van der Waals surface area contributed by atoms with Gasteiger partial charge in [0.05, 0.1) is 34.1 Å². The molecular weight excluding hydrogens is 451 g/mol. The van der Waals surface area contributed by atoms with Crippen molar-refractivity contribution in [3.63, 3.8) is 0 Å². The molecule has 0 fully saturated rings.